The van der Waals surface area contributed by atoms with Crippen LogP contribution in [0.4, 0.5) is 5.00 Å². The van der Waals surface area contributed by atoms with Crippen molar-refractivity contribution >= 4 is 44.9 Å². The van der Waals surface area contributed by atoms with E-state index in [2.05, 4.69) is 5.32 Å². The molecule has 4 rings (SSSR count). The molecule has 2 amide bonds. The van der Waals surface area contributed by atoms with Gasteiger partial charge in [0.1, 0.15) is 10.8 Å². The lowest BCUT2D eigenvalue weighted by atomic mass is 9.95. The van der Waals surface area contributed by atoms with Gasteiger partial charge in [-0.25, -0.2) is 4.79 Å². The summed E-state index contributed by atoms with van der Waals surface area (Å²) >= 11 is 1.43. The minimum Gasteiger partial charge on any atom is -0.497 e. The first-order valence-electron chi connectivity index (χ1n) is 11.3. The fraction of sp³-hybridized carbons (Fsp3) is 0.346. The summed E-state index contributed by atoms with van der Waals surface area (Å²) in [7, 11) is 3.32. The molecule has 0 aliphatic heterocycles. The average Bonchev–Trinajstić information content (AvgIpc) is 3.19. The number of ether oxygens (including phenoxy) is 2. The first kappa shape index (κ1) is 23.8. The van der Waals surface area contributed by atoms with Crippen LogP contribution in [0.2, 0.25) is 0 Å². The maximum Gasteiger partial charge on any atom is 0.341 e. The molecule has 178 valence electrons. The fourth-order valence-corrected chi connectivity index (χ4v) is 5.52. The lowest BCUT2D eigenvalue weighted by molar-refractivity contribution is -0.133. The van der Waals surface area contributed by atoms with E-state index in [1.807, 2.05) is 36.4 Å². The van der Waals surface area contributed by atoms with Gasteiger partial charge in [0.2, 0.25) is 5.91 Å². The highest BCUT2D eigenvalue weighted by atomic mass is 32.1. The average molecular weight is 481 g/mol. The third kappa shape index (κ3) is 5.22. The number of rotatable bonds is 7. The van der Waals surface area contributed by atoms with Crippen LogP contribution >= 0.6 is 11.3 Å². The van der Waals surface area contributed by atoms with E-state index in [9.17, 15) is 14.4 Å². The molecule has 0 bridgehead atoms. The highest BCUT2D eigenvalue weighted by molar-refractivity contribution is 7.17. The van der Waals surface area contributed by atoms with Crippen LogP contribution in [0.25, 0.3) is 10.8 Å². The number of nitrogens with one attached hydrogen (secondary N) is 1. The van der Waals surface area contributed by atoms with E-state index in [0.29, 0.717) is 17.1 Å². The van der Waals surface area contributed by atoms with Crippen LogP contribution < -0.4 is 10.1 Å². The second kappa shape index (κ2) is 10.3. The Kier molecular flexibility index (Phi) is 7.17. The molecule has 1 aliphatic carbocycles. The van der Waals surface area contributed by atoms with Gasteiger partial charge in [-0.15, -0.1) is 11.3 Å². The molecule has 0 spiro atoms. The highest BCUT2D eigenvalue weighted by Crippen LogP contribution is 2.38. The van der Waals surface area contributed by atoms with Crippen LogP contribution in [0.15, 0.2) is 36.4 Å². The number of hydrogen-bond donors (Lipinski definition) is 1. The molecule has 0 unspecified atom stereocenters. The third-order valence-electron chi connectivity index (χ3n) is 5.95. The van der Waals surface area contributed by atoms with Gasteiger partial charge in [-0.2, -0.15) is 0 Å². The van der Waals surface area contributed by atoms with E-state index in [-0.39, 0.29) is 18.4 Å². The molecule has 7 nitrogen and oxygen atoms in total. The summed E-state index contributed by atoms with van der Waals surface area (Å²) in [6.07, 6.45) is 3.72. The van der Waals surface area contributed by atoms with E-state index in [1.54, 1.807) is 14.2 Å². The Morgan fingerprint density at radius 3 is 2.56 bits per heavy atom. The van der Waals surface area contributed by atoms with Crippen LogP contribution in [-0.4, -0.2) is 43.4 Å². The number of anilines is 1. The van der Waals surface area contributed by atoms with Crippen molar-refractivity contribution in [2.45, 2.75) is 39.2 Å². The Balaban J connectivity index is 1.40. The number of benzene rings is 2. The van der Waals surface area contributed by atoms with Gasteiger partial charge < -0.3 is 19.7 Å². The number of carbonyl (C=O) groups is 3. The molecule has 1 aromatic heterocycles. The lowest BCUT2D eigenvalue weighted by Gasteiger charge is -2.18. The maximum absolute atomic E-state index is 12.9. The Bertz CT molecular complexity index is 1250. The Labute approximate surface area is 202 Å². The molecule has 0 saturated heterocycles. The molecular weight excluding hydrogens is 452 g/mol. The van der Waals surface area contributed by atoms with Crippen molar-refractivity contribution in [2.24, 2.45) is 0 Å². The van der Waals surface area contributed by atoms with Gasteiger partial charge >= 0.3 is 5.97 Å². The minimum atomic E-state index is -0.565. The summed E-state index contributed by atoms with van der Waals surface area (Å²) < 4.78 is 10.7. The predicted molar refractivity (Wildman–Crippen MR) is 133 cm³/mol. The zero-order valence-corrected chi connectivity index (χ0v) is 20.4. The molecule has 1 heterocycles. The van der Waals surface area contributed by atoms with Crippen molar-refractivity contribution in [1.82, 2.24) is 4.90 Å². The second-order valence-electron chi connectivity index (χ2n) is 8.47. The number of thiophene rings is 1. The van der Waals surface area contributed by atoms with Crippen LogP contribution in [-0.2, 0) is 33.7 Å². The van der Waals surface area contributed by atoms with Crippen molar-refractivity contribution in [3.05, 3.63) is 58.0 Å². The lowest BCUT2D eigenvalue weighted by Crippen LogP contribution is -2.31. The molecule has 1 N–H and O–H groups in total. The van der Waals surface area contributed by atoms with Crippen molar-refractivity contribution < 1.29 is 23.9 Å². The fourth-order valence-electron chi connectivity index (χ4n) is 4.20. The van der Waals surface area contributed by atoms with Crippen molar-refractivity contribution in [3.63, 3.8) is 0 Å². The van der Waals surface area contributed by atoms with E-state index in [0.717, 1.165) is 58.2 Å². The van der Waals surface area contributed by atoms with Gasteiger partial charge in [0.05, 0.1) is 12.7 Å². The smallest absolute Gasteiger partial charge is 0.341 e. The third-order valence-corrected chi connectivity index (χ3v) is 7.16. The summed E-state index contributed by atoms with van der Waals surface area (Å²) in [5, 5.41) is 5.37. The van der Waals surface area contributed by atoms with Crippen LogP contribution in [0, 0.1) is 0 Å². The van der Waals surface area contributed by atoms with Crippen molar-refractivity contribution in [2.75, 3.05) is 26.1 Å². The Morgan fingerprint density at radius 1 is 1.06 bits per heavy atom. The van der Waals surface area contributed by atoms with Gasteiger partial charge in [-0.1, -0.05) is 18.2 Å². The first-order valence-corrected chi connectivity index (χ1v) is 12.1. The standard InChI is InChI=1S/C26H28N2O5S/c1-16(29)27-25-24(21-6-4-5-7-22(21)34-25)26(31)33-15-23(30)28(2)14-17-8-9-19-13-20(32-3)11-10-18(19)12-17/h8-13H,4-7,14-15H2,1-3H3,(H,27,29). The summed E-state index contributed by atoms with van der Waals surface area (Å²) in [5.74, 6) is -0.307. The quantitative estimate of drug-likeness (QED) is 0.501. The number of likely N-dealkylation sites (N-methyl/N-ethyl adjacent to an activating group) is 1. The zero-order valence-electron chi connectivity index (χ0n) is 19.6. The predicted octanol–water partition coefficient (Wildman–Crippen LogP) is 4.56. The summed E-state index contributed by atoms with van der Waals surface area (Å²) in [6.45, 7) is 1.45. The molecule has 0 saturated carbocycles. The van der Waals surface area contributed by atoms with Crippen molar-refractivity contribution in [3.8, 4) is 5.75 Å². The van der Waals surface area contributed by atoms with Crippen molar-refractivity contribution in [1.29, 1.82) is 0 Å². The van der Waals surface area contributed by atoms with Gasteiger partial charge in [-0.3, -0.25) is 9.59 Å². The molecule has 0 radical (unpaired) electrons. The number of esters is 1. The molecular formula is C26H28N2O5S. The molecule has 8 heteroatoms. The SMILES string of the molecule is COc1ccc2cc(CN(C)C(=O)COC(=O)c3c(NC(C)=O)sc4c3CCCC4)ccc2c1. The number of carbonyl (C=O) groups excluding carboxylic acids is 3. The molecule has 0 fully saturated rings. The summed E-state index contributed by atoms with van der Waals surface area (Å²) in [5.41, 5.74) is 2.31. The number of fused-ring (bicyclic) bond motifs is 2. The van der Waals surface area contributed by atoms with E-state index >= 15 is 0 Å². The van der Waals surface area contributed by atoms with Gasteiger partial charge in [-0.05, 0) is 65.8 Å². The molecule has 1 aliphatic rings. The number of amides is 2. The number of methoxy groups -OCH3 is 1. The monoisotopic (exact) mass is 480 g/mol. The molecule has 2 aromatic carbocycles. The number of hydrogen-bond acceptors (Lipinski definition) is 6. The molecule has 0 atom stereocenters. The minimum absolute atomic E-state index is 0.239. The van der Waals surface area contributed by atoms with E-state index in [4.69, 9.17) is 9.47 Å². The molecule has 3 aromatic rings. The van der Waals surface area contributed by atoms with Gasteiger partial charge in [0.15, 0.2) is 6.61 Å². The topological polar surface area (TPSA) is 84.9 Å². The Morgan fingerprint density at radius 2 is 1.79 bits per heavy atom. The molecule has 34 heavy (non-hydrogen) atoms. The first-order chi connectivity index (χ1) is 16.4. The van der Waals surface area contributed by atoms with Crippen LogP contribution in [0.3, 0.4) is 0 Å². The van der Waals surface area contributed by atoms with Crippen LogP contribution in [0.1, 0.15) is 46.1 Å². The second-order valence-corrected chi connectivity index (χ2v) is 9.57. The number of aryl methyl sites for hydroxylation is 1. The van der Waals surface area contributed by atoms with Gasteiger partial charge in [0, 0.05) is 25.4 Å². The van der Waals surface area contributed by atoms with Crippen LogP contribution in [0.5, 0.6) is 5.75 Å². The summed E-state index contributed by atoms with van der Waals surface area (Å²) in [4.78, 5) is 39.9. The Hall–Kier alpha value is -3.39. The van der Waals surface area contributed by atoms with Gasteiger partial charge in [0.25, 0.3) is 5.91 Å². The zero-order chi connectivity index (χ0) is 24.2. The maximum atomic E-state index is 12.9. The van der Waals surface area contributed by atoms with E-state index in [1.165, 1.54) is 23.2 Å². The summed E-state index contributed by atoms with van der Waals surface area (Å²) in [6, 6.07) is 11.8. The normalized spacial score (nSPS) is 12.7. The number of nitrogens with zero attached hydrogens (tertiary/aromatic N) is 1. The van der Waals surface area contributed by atoms with E-state index < -0.39 is 5.97 Å². The highest BCUT2D eigenvalue weighted by Gasteiger charge is 2.27. The largest absolute Gasteiger partial charge is 0.497 e.